The van der Waals surface area contributed by atoms with E-state index in [0.717, 1.165) is 50.8 Å². The number of aryl methyl sites for hydroxylation is 2. The van der Waals surface area contributed by atoms with E-state index >= 15 is 0 Å². The second kappa shape index (κ2) is 11.3. The molecule has 3 N–H and O–H groups in total. The number of hydrogen-bond acceptors (Lipinski definition) is 5. The first-order chi connectivity index (χ1) is 20.1. The van der Waals surface area contributed by atoms with Crippen LogP contribution in [0.4, 0.5) is 16.2 Å². The third kappa shape index (κ3) is 5.43. The highest BCUT2D eigenvalue weighted by atomic mass is 127. The third-order valence-corrected chi connectivity index (χ3v) is 11.5. The Morgan fingerprint density at radius 2 is 1.81 bits per heavy atom. The third-order valence-electron chi connectivity index (χ3n) is 9.21. The summed E-state index contributed by atoms with van der Waals surface area (Å²) in [5.41, 5.74) is 5.91. The first-order valence-electron chi connectivity index (χ1n) is 14.4. The summed E-state index contributed by atoms with van der Waals surface area (Å²) < 4.78 is 12.8. The van der Waals surface area contributed by atoms with E-state index in [-0.39, 0.29) is 40.8 Å². The maximum Gasteiger partial charge on any atom is 0.411 e. The normalized spacial score (nSPS) is 26.7. The van der Waals surface area contributed by atoms with E-state index < -0.39 is 6.09 Å². The molecule has 3 fully saturated rings. The van der Waals surface area contributed by atoms with Crippen molar-refractivity contribution in [3.05, 3.63) is 83.4 Å². The average Bonchev–Trinajstić information content (AvgIpc) is 3.75. The molecule has 2 amide bonds. The van der Waals surface area contributed by atoms with Crippen molar-refractivity contribution in [1.29, 1.82) is 0 Å². The number of aliphatic hydroxyl groups excluding tert-OH is 1. The molecule has 3 aliphatic rings. The fourth-order valence-electron chi connectivity index (χ4n) is 6.70. The molecule has 9 heteroatoms. The number of quaternary nitrogens is 1. The number of amides is 2. The van der Waals surface area contributed by atoms with Crippen molar-refractivity contribution in [3.8, 4) is 11.1 Å². The van der Waals surface area contributed by atoms with Crippen LogP contribution in [0.25, 0.3) is 11.1 Å². The number of aliphatic hydroxyl groups is 1. The van der Waals surface area contributed by atoms with Gasteiger partial charge in [-0.15, -0.1) is 0 Å². The van der Waals surface area contributed by atoms with Gasteiger partial charge in [0, 0.05) is 24.1 Å². The van der Waals surface area contributed by atoms with E-state index in [1.165, 1.54) is 0 Å². The fourth-order valence-corrected chi connectivity index (χ4v) is 8.05. The molecule has 0 radical (unpaired) electrons. The number of nitrogens with zero attached hydrogens (tertiary/aromatic N) is 1. The number of ether oxygens (including phenoxy) is 2. The van der Waals surface area contributed by atoms with Gasteiger partial charge < -0.3 is 24.4 Å². The van der Waals surface area contributed by atoms with Crippen LogP contribution in [0.2, 0.25) is 0 Å². The smallest absolute Gasteiger partial charge is 0.411 e. The molecule has 0 aliphatic carbocycles. The van der Waals surface area contributed by atoms with Gasteiger partial charge >= 0.3 is 6.09 Å². The molecule has 3 aliphatic heterocycles. The average molecular weight is 683 g/mol. The predicted octanol–water partition coefficient (Wildman–Crippen LogP) is 5.79. The number of fused-ring (bicyclic) bond motifs is 5. The van der Waals surface area contributed by atoms with Gasteiger partial charge in [-0.25, -0.2) is 4.79 Å². The number of anilines is 2. The maximum absolute atomic E-state index is 13.3. The summed E-state index contributed by atoms with van der Waals surface area (Å²) in [6.45, 7) is 1.87. The first-order valence-corrected chi connectivity index (χ1v) is 15.5. The number of nitrogens with one attached hydrogen (secondary N) is 2. The van der Waals surface area contributed by atoms with Crippen molar-refractivity contribution in [2.75, 3.05) is 24.7 Å². The molecule has 3 saturated heterocycles. The number of benzene rings is 3. The molecule has 3 heterocycles. The topological polar surface area (TPSA) is 100 Å². The Morgan fingerprint density at radius 1 is 1.05 bits per heavy atom. The van der Waals surface area contributed by atoms with Gasteiger partial charge in [-0.2, -0.15) is 0 Å². The highest BCUT2D eigenvalue weighted by molar-refractivity contribution is 14.1. The molecule has 3 aromatic carbocycles. The van der Waals surface area contributed by atoms with Gasteiger partial charge in [-0.1, -0.05) is 54.6 Å². The van der Waals surface area contributed by atoms with E-state index in [4.69, 9.17) is 9.47 Å². The monoisotopic (exact) mass is 682 g/mol. The first kappa shape index (κ1) is 29.1. The summed E-state index contributed by atoms with van der Waals surface area (Å²) >= 11 is 2.53. The van der Waals surface area contributed by atoms with Crippen LogP contribution in [-0.4, -0.2) is 63.6 Å². The number of rotatable bonds is 8. The molecule has 3 aromatic rings. The van der Waals surface area contributed by atoms with Gasteiger partial charge in [0.2, 0.25) is 5.91 Å². The Labute approximate surface area is 260 Å². The van der Waals surface area contributed by atoms with Crippen LogP contribution in [0.1, 0.15) is 36.0 Å². The van der Waals surface area contributed by atoms with E-state index in [9.17, 15) is 14.7 Å². The lowest BCUT2D eigenvalue weighted by Crippen LogP contribution is -2.65. The van der Waals surface area contributed by atoms with Crippen molar-refractivity contribution in [3.63, 3.8) is 0 Å². The minimum Gasteiger partial charge on any atom is -0.445 e. The molecule has 8 nitrogen and oxygen atoms in total. The number of carbonyl (C=O) groups is 2. The molecule has 0 aromatic heterocycles. The number of epoxide rings is 1. The second-order valence-electron chi connectivity index (χ2n) is 12.1. The SMILES string of the molecule is Cc1cc(CO)ccc1NC(=O)CCc1ccc(-c2ccccc2)c(NC(=O)O[C@H]2C[C@H]3[C@@H]4O[C@H]4[C@](I)(C2)[N+]3(C)C)c1. The zero-order chi connectivity index (χ0) is 29.6. The molecular weight excluding hydrogens is 645 g/mol. The van der Waals surface area contributed by atoms with E-state index in [2.05, 4.69) is 47.3 Å². The summed E-state index contributed by atoms with van der Waals surface area (Å²) in [7, 11) is 4.52. The van der Waals surface area contributed by atoms with Crippen LogP contribution in [0.5, 0.6) is 0 Å². The Kier molecular flexibility index (Phi) is 7.80. The Balaban J connectivity index is 1.14. The van der Waals surface area contributed by atoms with Crippen LogP contribution in [-0.2, 0) is 27.3 Å². The number of halogens is 1. The van der Waals surface area contributed by atoms with Crippen LogP contribution in [0.15, 0.2) is 66.7 Å². The van der Waals surface area contributed by atoms with Crippen molar-refractivity contribution >= 4 is 46.0 Å². The number of morpholine rings is 1. The van der Waals surface area contributed by atoms with Crippen molar-refractivity contribution in [1.82, 2.24) is 0 Å². The summed E-state index contributed by atoms with van der Waals surface area (Å²) in [4.78, 5) is 26.0. The Bertz CT molecular complexity index is 1510. The van der Waals surface area contributed by atoms with Crippen molar-refractivity contribution < 1.29 is 28.7 Å². The van der Waals surface area contributed by atoms with Gasteiger partial charge in [0.25, 0.3) is 0 Å². The number of hydrogen-bond donors (Lipinski definition) is 3. The van der Waals surface area contributed by atoms with Gasteiger partial charge in [-0.3, -0.25) is 10.1 Å². The van der Waals surface area contributed by atoms with Gasteiger partial charge in [-0.05, 0) is 70.3 Å². The van der Waals surface area contributed by atoms with Gasteiger partial charge in [0.05, 0.1) is 32.8 Å². The highest BCUT2D eigenvalue weighted by Gasteiger charge is 2.78. The summed E-state index contributed by atoms with van der Waals surface area (Å²) in [5, 5.41) is 15.3. The number of alkyl halides is 1. The quantitative estimate of drug-likeness (QED) is 0.0919. The zero-order valence-corrected chi connectivity index (χ0v) is 26.3. The van der Waals surface area contributed by atoms with E-state index in [1.807, 2.05) is 67.6 Å². The van der Waals surface area contributed by atoms with E-state index in [1.54, 1.807) is 6.07 Å². The standard InChI is InChI=1S/C33H36IN3O5/c1-20-15-22(19-38)10-13-26(20)35-29(39)14-11-21-9-12-25(23-7-5-4-6-8-23)27(16-21)36-32(40)41-24-17-28-30-31(42-30)33(34,18-24)37(28,2)3/h4-10,12-13,15-16,24,28,30-31,38H,11,14,17-19H2,1-3H3,(H-,35,36,39,40)/p+1/t24-,28-,30-,31+,33-/m0/s1. The number of carbonyl (C=O) groups excluding carboxylic acids is 2. The van der Waals surface area contributed by atoms with Crippen LogP contribution in [0, 0.1) is 6.92 Å². The zero-order valence-electron chi connectivity index (χ0n) is 24.1. The fraction of sp³-hybridized carbons (Fsp3) is 0.394. The number of piperidine rings is 1. The van der Waals surface area contributed by atoms with E-state index in [0.29, 0.717) is 18.2 Å². The Morgan fingerprint density at radius 3 is 2.52 bits per heavy atom. The lowest BCUT2D eigenvalue weighted by molar-refractivity contribution is -0.943. The molecule has 0 saturated carbocycles. The van der Waals surface area contributed by atoms with Crippen molar-refractivity contribution in [2.45, 2.75) is 67.1 Å². The lowest BCUT2D eigenvalue weighted by Gasteiger charge is -2.50. The van der Waals surface area contributed by atoms with Gasteiger partial charge in [0.1, 0.15) is 18.2 Å². The summed E-state index contributed by atoms with van der Waals surface area (Å²) in [6.07, 6.45) is 2.20. The highest BCUT2D eigenvalue weighted by Crippen LogP contribution is 2.61. The minimum atomic E-state index is -0.463. The number of likely N-dealkylation sites (N-methyl/N-ethyl adjacent to an activating group) is 1. The molecule has 0 unspecified atom stereocenters. The predicted molar refractivity (Wildman–Crippen MR) is 170 cm³/mol. The van der Waals surface area contributed by atoms with Crippen LogP contribution >= 0.6 is 22.6 Å². The minimum absolute atomic E-state index is 0.0362. The molecule has 6 rings (SSSR count). The summed E-state index contributed by atoms with van der Waals surface area (Å²) in [6, 6.07) is 21.6. The van der Waals surface area contributed by atoms with Crippen molar-refractivity contribution in [2.24, 2.45) is 0 Å². The van der Waals surface area contributed by atoms with Crippen LogP contribution in [0.3, 0.4) is 0 Å². The molecule has 220 valence electrons. The van der Waals surface area contributed by atoms with Crippen LogP contribution < -0.4 is 10.6 Å². The summed E-state index contributed by atoms with van der Waals surface area (Å²) in [5.74, 6) is -0.0982. The lowest BCUT2D eigenvalue weighted by atomic mass is 9.96. The molecule has 0 spiro atoms. The molecule has 5 atom stereocenters. The molecule has 2 bridgehead atoms. The molecule has 42 heavy (non-hydrogen) atoms. The second-order valence-corrected chi connectivity index (χ2v) is 14.0. The van der Waals surface area contributed by atoms with Gasteiger partial charge in [0.15, 0.2) is 9.65 Å². The maximum atomic E-state index is 13.3. The molecular formula is C33H37IN3O5+. The largest absolute Gasteiger partial charge is 0.445 e. The Hall–Kier alpha value is -2.99.